The van der Waals surface area contributed by atoms with Gasteiger partial charge in [-0.25, -0.2) is 0 Å². The smallest absolute Gasteiger partial charge is 0.191 e. The van der Waals surface area contributed by atoms with Crippen molar-refractivity contribution in [1.82, 2.24) is 15.5 Å². The maximum Gasteiger partial charge on any atom is 0.191 e. The number of guanidine groups is 1. The van der Waals surface area contributed by atoms with E-state index >= 15 is 0 Å². The first kappa shape index (κ1) is 21.5. The highest BCUT2D eigenvalue weighted by atomic mass is 32.1. The van der Waals surface area contributed by atoms with E-state index in [9.17, 15) is 0 Å². The number of nitrogens with zero attached hydrogens (tertiary/aromatic N) is 2. The summed E-state index contributed by atoms with van der Waals surface area (Å²) in [6.45, 7) is 6.90. The monoisotopic (exact) mass is 416 g/mol. The van der Waals surface area contributed by atoms with Gasteiger partial charge in [0, 0.05) is 39.8 Å². The lowest BCUT2D eigenvalue weighted by Gasteiger charge is -2.29. The molecule has 0 bridgehead atoms. The SMILES string of the molecule is CN=C(NCCN1CCc2cc(OC)c(OC)cc2C1)NCC(C)c1ccsc1. The van der Waals surface area contributed by atoms with Crippen LogP contribution in [0.15, 0.2) is 34.0 Å². The predicted molar refractivity (Wildman–Crippen MR) is 121 cm³/mol. The summed E-state index contributed by atoms with van der Waals surface area (Å²) in [5, 5.41) is 11.2. The molecule has 1 aromatic heterocycles. The van der Waals surface area contributed by atoms with Gasteiger partial charge in [0.25, 0.3) is 0 Å². The fourth-order valence-corrected chi connectivity index (χ4v) is 4.39. The summed E-state index contributed by atoms with van der Waals surface area (Å²) in [6.07, 6.45) is 1.03. The summed E-state index contributed by atoms with van der Waals surface area (Å²) < 4.78 is 10.9. The van der Waals surface area contributed by atoms with Gasteiger partial charge in [0.2, 0.25) is 0 Å². The van der Waals surface area contributed by atoms with Crippen LogP contribution >= 0.6 is 11.3 Å². The molecule has 0 saturated carbocycles. The molecule has 7 heteroatoms. The van der Waals surface area contributed by atoms with E-state index in [-0.39, 0.29) is 0 Å². The molecule has 158 valence electrons. The third-order valence-corrected chi connectivity index (χ3v) is 6.13. The van der Waals surface area contributed by atoms with Crippen molar-refractivity contribution in [2.75, 3.05) is 47.4 Å². The highest BCUT2D eigenvalue weighted by Crippen LogP contribution is 2.33. The maximum absolute atomic E-state index is 5.46. The van der Waals surface area contributed by atoms with E-state index < -0.39 is 0 Å². The molecular formula is C22H32N4O2S. The second kappa shape index (κ2) is 10.5. The van der Waals surface area contributed by atoms with E-state index in [1.807, 2.05) is 7.05 Å². The number of methoxy groups -OCH3 is 2. The lowest BCUT2D eigenvalue weighted by Crippen LogP contribution is -2.43. The van der Waals surface area contributed by atoms with Gasteiger partial charge in [-0.3, -0.25) is 9.89 Å². The minimum Gasteiger partial charge on any atom is -0.493 e. The van der Waals surface area contributed by atoms with Crippen molar-refractivity contribution in [3.63, 3.8) is 0 Å². The molecule has 0 saturated heterocycles. The molecule has 1 aromatic carbocycles. The Bertz CT molecular complexity index is 807. The van der Waals surface area contributed by atoms with Crippen molar-refractivity contribution < 1.29 is 9.47 Å². The van der Waals surface area contributed by atoms with Gasteiger partial charge >= 0.3 is 0 Å². The van der Waals surface area contributed by atoms with Crippen molar-refractivity contribution >= 4 is 17.3 Å². The van der Waals surface area contributed by atoms with Crippen LogP contribution in [0, 0.1) is 0 Å². The summed E-state index contributed by atoms with van der Waals surface area (Å²) in [5.41, 5.74) is 4.05. The molecule has 3 rings (SSSR count). The maximum atomic E-state index is 5.46. The van der Waals surface area contributed by atoms with E-state index in [0.29, 0.717) is 5.92 Å². The Balaban J connectivity index is 1.45. The van der Waals surface area contributed by atoms with Crippen molar-refractivity contribution in [3.8, 4) is 11.5 Å². The average molecular weight is 417 g/mol. The Kier molecular flexibility index (Phi) is 7.77. The van der Waals surface area contributed by atoms with Gasteiger partial charge in [-0.1, -0.05) is 6.92 Å². The zero-order valence-electron chi connectivity index (χ0n) is 17.8. The molecule has 0 amide bonds. The standard InChI is InChI=1S/C22H32N4O2S/c1-16(18-6-10-29-15-18)13-25-22(23-2)24-7-9-26-8-5-17-11-20(27-3)21(28-4)12-19(17)14-26/h6,10-12,15-16H,5,7-9,13-14H2,1-4H3,(H2,23,24,25). The molecule has 1 aliphatic rings. The lowest BCUT2D eigenvalue weighted by atomic mass is 9.99. The number of hydrogen-bond acceptors (Lipinski definition) is 5. The highest BCUT2D eigenvalue weighted by Gasteiger charge is 2.19. The van der Waals surface area contributed by atoms with Crippen molar-refractivity contribution in [2.45, 2.75) is 25.8 Å². The molecule has 1 atom stereocenters. The van der Waals surface area contributed by atoms with E-state index in [0.717, 1.165) is 56.6 Å². The van der Waals surface area contributed by atoms with E-state index in [1.54, 1.807) is 25.6 Å². The van der Waals surface area contributed by atoms with Crippen LogP contribution in [0.25, 0.3) is 0 Å². The summed E-state index contributed by atoms with van der Waals surface area (Å²) >= 11 is 1.74. The quantitative estimate of drug-likeness (QED) is 0.512. The molecule has 0 fully saturated rings. The highest BCUT2D eigenvalue weighted by molar-refractivity contribution is 7.07. The summed E-state index contributed by atoms with van der Waals surface area (Å²) in [7, 11) is 5.20. The van der Waals surface area contributed by atoms with Crippen LogP contribution in [-0.4, -0.2) is 58.3 Å². The van der Waals surface area contributed by atoms with Gasteiger partial charge in [-0.05, 0) is 58.0 Å². The van der Waals surface area contributed by atoms with Crippen LogP contribution in [0.4, 0.5) is 0 Å². The minimum absolute atomic E-state index is 0.463. The van der Waals surface area contributed by atoms with E-state index in [4.69, 9.17) is 9.47 Å². The second-order valence-corrected chi connectivity index (χ2v) is 8.12. The average Bonchev–Trinajstić information content (AvgIpc) is 3.29. The summed E-state index contributed by atoms with van der Waals surface area (Å²) in [6, 6.07) is 6.41. The van der Waals surface area contributed by atoms with Crippen LogP contribution in [0.2, 0.25) is 0 Å². The van der Waals surface area contributed by atoms with Gasteiger partial charge in [-0.2, -0.15) is 11.3 Å². The van der Waals surface area contributed by atoms with Gasteiger partial charge in [0.1, 0.15) is 0 Å². The fraction of sp³-hybridized carbons (Fsp3) is 0.500. The Morgan fingerprint density at radius 3 is 2.62 bits per heavy atom. The van der Waals surface area contributed by atoms with E-state index in [1.165, 1.54) is 16.7 Å². The molecule has 0 radical (unpaired) electrons. The fourth-order valence-electron chi connectivity index (χ4n) is 3.61. The number of rotatable bonds is 8. The Hall–Kier alpha value is -2.25. The van der Waals surface area contributed by atoms with Crippen molar-refractivity contribution in [2.24, 2.45) is 4.99 Å². The zero-order chi connectivity index (χ0) is 20.6. The summed E-state index contributed by atoms with van der Waals surface area (Å²) in [4.78, 5) is 6.81. The molecule has 2 N–H and O–H groups in total. The van der Waals surface area contributed by atoms with Crippen LogP contribution in [0.3, 0.4) is 0 Å². The first-order valence-electron chi connectivity index (χ1n) is 10.1. The molecule has 1 aliphatic heterocycles. The number of thiophene rings is 1. The second-order valence-electron chi connectivity index (χ2n) is 7.34. The number of aliphatic imine (C=N–C) groups is 1. The number of nitrogens with one attached hydrogen (secondary N) is 2. The molecule has 6 nitrogen and oxygen atoms in total. The largest absolute Gasteiger partial charge is 0.493 e. The summed E-state index contributed by atoms with van der Waals surface area (Å²) in [5.74, 6) is 2.93. The number of benzene rings is 1. The molecule has 0 aliphatic carbocycles. The normalized spacial score (nSPS) is 15.5. The van der Waals surface area contributed by atoms with Crippen molar-refractivity contribution in [1.29, 1.82) is 0 Å². The van der Waals surface area contributed by atoms with Crippen molar-refractivity contribution in [3.05, 3.63) is 45.6 Å². The lowest BCUT2D eigenvalue weighted by molar-refractivity contribution is 0.256. The molecule has 2 heterocycles. The molecule has 1 unspecified atom stereocenters. The minimum atomic E-state index is 0.463. The van der Waals surface area contributed by atoms with Gasteiger partial charge in [0.15, 0.2) is 17.5 Å². The van der Waals surface area contributed by atoms with E-state index in [2.05, 4.69) is 56.4 Å². The molecule has 29 heavy (non-hydrogen) atoms. The molecule has 2 aromatic rings. The zero-order valence-corrected chi connectivity index (χ0v) is 18.6. The Morgan fingerprint density at radius 2 is 1.97 bits per heavy atom. The van der Waals surface area contributed by atoms with Gasteiger partial charge in [0.05, 0.1) is 14.2 Å². The molecular weight excluding hydrogens is 384 g/mol. The third kappa shape index (κ3) is 5.64. The number of fused-ring (bicyclic) bond motifs is 1. The first-order chi connectivity index (χ1) is 14.1. The van der Waals surface area contributed by atoms with Crippen LogP contribution in [-0.2, 0) is 13.0 Å². The van der Waals surface area contributed by atoms with Crippen LogP contribution < -0.4 is 20.1 Å². The van der Waals surface area contributed by atoms with Crippen LogP contribution in [0.1, 0.15) is 29.5 Å². The Morgan fingerprint density at radius 1 is 1.21 bits per heavy atom. The topological polar surface area (TPSA) is 58.1 Å². The predicted octanol–water partition coefficient (Wildman–Crippen LogP) is 3.09. The number of ether oxygens (including phenoxy) is 2. The van der Waals surface area contributed by atoms with Gasteiger partial charge < -0.3 is 20.1 Å². The van der Waals surface area contributed by atoms with Gasteiger partial charge in [-0.15, -0.1) is 0 Å². The third-order valence-electron chi connectivity index (χ3n) is 5.43. The number of hydrogen-bond donors (Lipinski definition) is 2. The van der Waals surface area contributed by atoms with Crippen LogP contribution in [0.5, 0.6) is 11.5 Å². The first-order valence-corrected chi connectivity index (χ1v) is 11.0. The Labute approximate surface area is 177 Å². The molecule has 0 spiro atoms.